The van der Waals surface area contributed by atoms with Gasteiger partial charge in [-0.25, -0.2) is 9.78 Å². The summed E-state index contributed by atoms with van der Waals surface area (Å²) in [5.74, 6) is -0.193. The third kappa shape index (κ3) is 2.79. The average Bonchev–Trinajstić information content (AvgIpc) is 2.46. The van der Waals surface area contributed by atoms with Gasteiger partial charge in [0.25, 0.3) is 0 Å². The van der Waals surface area contributed by atoms with Gasteiger partial charge in [-0.2, -0.15) is 0 Å². The van der Waals surface area contributed by atoms with Crippen molar-refractivity contribution < 1.29 is 9.90 Å². The number of rotatable bonds is 4. The number of imidazole rings is 1. The molecule has 0 saturated carbocycles. The van der Waals surface area contributed by atoms with E-state index in [1.807, 2.05) is 37.4 Å². The predicted octanol–water partition coefficient (Wildman–Crippen LogP) is 1.22. The summed E-state index contributed by atoms with van der Waals surface area (Å²) in [6.07, 6.45) is 1.59. The van der Waals surface area contributed by atoms with Gasteiger partial charge in [-0.1, -0.05) is 0 Å². The van der Waals surface area contributed by atoms with Crippen LogP contribution in [-0.2, 0) is 6.54 Å². The summed E-state index contributed by atoms with van der Waals surface area (Å²) in [4.78, 5) is 16.8. The van der Waals surface area contributed by atoms with E-state index < -0.39 is 5.97 Å². The maximum Gasteiger partial charge on any atom is 0.356 e. The van der Waals surface area contributed by atoms with Crippen LogP contribution >= 0.6 is 0 Å². The molecule has 0 spiro atoms. The molecule has 5 nitrogen and oxygen atoms in total. The van der Waals surface area contributed by atoms with Gasteiger partial charge in [-0.3, -0.25) is 0 Å². The summed E-state index contributed by atoms with van der Waals surface area (Å²) < 4.78 is 1.89. The first-order valence-corrected chi connectivity index (χ1v) is 4.87. The molecule has 0 aromatic carbocycles. The molecule has 84 valence electrons. The van der Waals surface area contributed by atoms with E-state index in [1.54, 1.807) is 6.20 Å². The fraction of sp³-hybridized carbons (Fsp3) is 0.600. The Bertz CT molecular complexity index is 356. The summed E-state index contributed by atoms with van der Waals surface area (Å²) in [7, 11) is 3.86. The first-order valence-electron chi connectivity index (χ1n) is 4.87. The van der Waals surface area contributed by atoms with Crippen molar-refractivity contribution in [3.63, 3.8) is 0 Å². The first kappa shape index (κ1) is 11.7. The topological polar surface area (TPSA) is 58.4 Å². The lowest BCUT2D eigenvalue weighted by molar-refractivity contribution is 0.0690. The molecule has 0 aliphatic rings. The van der Waals surface area contributed by atoms with Gasteiger partial charge < -0.3 is 14.6 Å². The highest BCUT2D eigenvalue weighted by molar-refractivity contribution is 5.85. The van der Waals surface area contributed by atoms with E-state index >= 15 is 0 Å². The van der Waals surface area contributed by atoms with Crippen LogP contribution in [0.25, 0.3) is 0 Å². The second kappa shape index (κ2) is 4.44. The lowest BCUT2D eigenvalue weighted by Gasteiger charge is -2.14. The monoisotopic (exact) mass is 211 g/mol. The van der Waals surface area contributed by atoms with E-state index in [0.29, 0.717) is 6.54 Å². The van der Waals surface area contributed by atoms with E-state index in [-0.39, 0.29) is 11.7 Å². The summed E-state index contributed by atoms with van der Waals surface area (Å²) in [5.41, 5.74) is 0.112. The van der Waals surface area contributed by atoms with Crippen LogP contribution in [0.3, 0.4) is 0 Å². The Hall–Kier alpha value is -1.36. The third-order valence-electron chi connectivity index (χ3n) is 2.04. The smallest absolute Gasteiger partial charge is 0.356 e. The predicted molar refractivity (Wildman–Crippen MR) is 57.0 cm³/mol. The normalized spacial score (nSPS) is 11.3. The van der Waals surface area contributed by atoms with Gasteiger partial charge in [0.1, 0.15) is 5.82 Å². The third-order valence-corrected chi connectivity index (χ3v) is 2.04. The molecule has 0 saturated heterocycles. The van der Waals surface area contributed by atoms with Crippen LogP contribution in [0.15, 0.2) is 6.20 Å². The Morgan fingerprint density at radius 2 is 2.20 bits per heavy atom. The molecule has 0 radical (unpaired) electrons. The number of nitrogens with zero attached hydrogens (tertiary/aromatic N) is 3. The fourth-order valence-electron chi connectivity index (χ4n) is 1.38. The lowest BCUT2D eigenvalue weighted by atomic mass is 10.3. The highest BCUT2D eigenvalue weighted by Gasteiger charge is 2.14. The Balaban J connectivity index is 3.06. The number of carbonyl (C=O) groups is 1. The molecule has 1 aromatic rings. The Morgan fingerprint density at radius 3 is 2.60 bits per heavy atom. The minimum Gasteiger partial charge on any atom is -0.476 e. The second-order valence-electron chi connectivity index (χ2n) is 4.09. The zero-order valence-electron chi connectivity index (χ0n) is 9.56. The van der Waals surface area contributed by atoms with Crippen molar-refractivity contribution in [2.75, 3.05) is 14.1 Å². The summed E-state index contributed by atoms with van der Waals surface area (Å²) >= 11 is 0. The molecule has 0 fully saturated rings. The Morgan fingerprint density at radius 1 is 1.60 bits per heavy atom. The number of hydrogen-bond acceptors (Lipinski definition) is 3. The van der Waals surface area contributed by atoms with Crippen molar-refractivity contribution >= 4 is 5.97 Å². The van der Waals surface area contributed by atoms with E-state index in [9.17, 15) is 4.79 Å². The molecule has 0 unspecified atom stereocenters. The van der Waals surface area contributed by atoms with Gasteiger partial charge in [0.2, 0.25) is 0 Å². The summed E-state index contributed by atoms with van der Waals surface area (Å²) in [6.45, 7) is 4.66. The van der Waals surface area contributed by atoms with Crippen LogP contribution in [0.5, 0.6) is 0 Å². The quantitative estimate of drug-likeness (QED) is 0.813. The molecular weight excluding hydrogens is 194 g/mol. The largest absolute Gasteiger partial charge is 0.476 e. The van der Waals surface area contributed by atoms with Crippen LogP contribution in [-0.4, -0.2) is 39.6 Å². The highest BCUT2D eigenvalue weighted by Crippen LogP contribution is 2.12. The number of carboxylic acids is 1. The van der Waals surface area contributed by atoms with Gasteiger partial charge >= 0.3 is 5.97 Å². The molecule has 0 bridgehead atoms. The number of aromatic nitrogens is 2. The number of aromatic carboxylic acids is 1. The average molecular weight is 211 g/mol. The molecule has 1 heterocycles. The zero-order valence-corrected chi connectivity index (χ0v) is 9.56. The van der Waals surface area contributed by atoms with Crippen LogP contribution in [0, 0.1) is 0 Å². The van der Waals surface area contributed by atoms with E-state index in [0.717, 1.165) is 5.82 Å². The van der Waals surface area contributed by atoms with Gasteiger partial charge in [0, 0.05) is 12.2 Å². The first-order chi connectivity index (χ1) is 6.91. The molecule has 5 heteroatoms. The lowest BCUT2D eigenvalue weighted by Crippen LogP contribution is -2.16. The molecule has 1 rings (SSSR count). The maximum atomic E-state index is 10.8. The second-order valence-corrected chi connectivity index (χ2v) is 4.09. The minimum absolute atomic E-state index is 0.112. The zero-order chi connectivity index (χ0) is 11.6. The van der Waals surface area contributed by atoms with Crippen molar-refractivity contribution in [1.82, 2.24) is 14.5 Å². The van der Waals surface area contributed by atoms with Crippen molar-refractivity contribution in [3.8, 4) is 0 Å². The van der Waals surface area contributed by atoms with E-state index in [1.165, 1.54) is 0 Å². The molecule has 0 atom stereocenters. The number of hydrogen-bond donors (Lipinski definition) is 1. The van der Waals surface area contributed by atoms with Crippen LogP contribution < -0.4 is 0 Å². The van der Waals surface area contributed by atoms with Crippen molar-refractivity contribution in [2.24, 2.45) is 0 Å². The molecule has 0 aliphatic carbocycles. The van der Waals surface area contributed by atoms with Crippen molar-refractivity contribution in [2.45, 2.75) is 26.4 Å². The molecule has 15 heavy (non-hydrogen) atoms. The van der Waals surface area contributed by atoms with Gasteiger partial charge in [-0.05, 0) is 27.9 Å². The summed E-state index contributed by atoms with van der Waals surface area (Å²) in [5, 5.41) is 8.85. The SMILES string of the molecule is CC(C)n1cc(C(=O)O)nc1CN(C)C. The van der Waals surface area contributed by atoms with Crippen LogP contribution in [0.1, 0.15) is 36.2 Å². The van der Waals surface area contributed by atoms with Crippen LogP contribution in [0.2, 0.25) is 0 Å². The van der Waals surface area contributed by atoms with Gasteiger partial charge in [0.15, 0.2) is 5.69 Å². The Kier molecular flexibility index (Phi) is 3.47. The van der Waals surface area contributed by atoms with Crippen molar-refractivity contribution in [3.05, 3.63) is 17.7 Å². The van der Waals surface area contributed by atoms with E-state index in [4.69, 9.17) is 5.11 Å². The maximum absolute atomic E-state index is 10.8. The standard InChI is InChI=1S/C10H17N3O2/c1-7(2)13-5-8(10(14)15)11-9(13)6-12(3)4/h5,7H,6H2,1-4H3,(H,14,15). The molecular formula is C10H17N3O2. The van der Waals surface area contributed by atoms with Gasteiger partial charge in [-0.15, -0.1) is 0 Å². The molecule has 1 aromatic heterocycles. The molecule has 0 amide bonds. The minimum atomic E-state index is -0.977. The Labute approximate surface area is 89.3 Å². The van der Waals surface area contributed by atoms with E-state index in [2.05, 4.69) is 4.98 Å². The molecule has 0 aliphatic heterocycles. The fourth-order valence-corrected chi connectivity index (χ4v) is 1.38. The van der Waals surface area contributed by atoms with Crippen molar-refractivity contribution in [1.29, 1.82) is 0 Å². The highest BCUT2D eigenvalue weighted by atomic mass is 16.4. The number of carboxylic acid groups (broad SMARTS) is 1. The molecule has 1 N–H and O–H groups in total. The summed E-state index contributed by atoms with van der Waals surface area (Å²) in [6, 6.07) is 0.223. The van der Waals surface area contributed by atoms with Gasteiger partial charge in [0.05, 0.1) is 6.54 Å². The van der Waals surface area contributed by atoms with Crippen LogP contribution in [0.4, 0.5) is 0 Å².